The van der Waals surface area contributed by atoms with Gasteiger partial charge in [-0.3, -0.25) is 9.79 Å². The van der Waals surface area contributed by atoms with Crippen LogP contribution in [0.3, 0.4) is 0 Å². The molecule has 142 valence electrons. The van der Waals surface area contributed by atoms with Crippen molar-refractivity contribution in [3.63, 3.8) is 0 Å². The van der Waals surface area contributed by atoms with Gasteiger partial charge in [0.1, 0.15) is 0 Å². The van der Waals surface area contributed by atoms with Crippen LogP contribution in [0.5, 0.6) is 0 Å². The minimum Gasteiger partial charge on any atom is -0.357 e. The third-order valence-corrected chi connectivity index (χ3v) is 4.10. The number of halogens is 1. The van der Waals surface area contributed by atoms with E-state index in [0.717, 1.165) is 55.3 Å². The summed E-state index contributed by atoms with van der Waals surface area (Å²) in [5.41, 5.74) is 1.88. The molecule has 0 heterocycles. The molecule has 0 aromatic heterocycles. The number of aliphatic imine (C=N–C) groups is 1. The molecule has 0 saturated carbocycles. The summed E-state index contributed by atoms with van der Waals surface area (Å²) < 4.78 is 0. The fourth-order valence-electron chi connectivity index (χ4n) is 2.18. The molecule has 0 aliphatic rings. The highest BCUT2D eigenvalue weighted by Crippen LogP contribution is 2.07. The predicted molar refractivity (Wildman–Crippen MR) is 121 cm³/mol. The van der Waals surface area contributed by atoms with Gasteiger partial charge in [-0.2, -0.15) is 11.8 Å². The van der Waals surface area contributed by atoms with Gasteiger partial charge in [0.15, 0.2) is 5.96 Å². The zero-order valence-corrected chi connectivity index (χ0v) is 18.8. The van der Waals surface area contributed by atoms with E-state index in [1.165, 1.54) is 0 Å². The molecule has 0 saturated heterocycles. The van der Waals surface area contributed by atoms with E-state index in [4.69, 9.17) is 0 Å². The molecule has 2 N–H and O–H groups in total. The van der Waals surface area contributed by atoms with Crippen LogP contribution in [-0.2, 0) is 6.42 Å². The molecule has 0 radical (unpaired) electrons. The highest BCUT2D eigenvalue weighted by Gasteiger charge is 2.08. The molecule has 1 aromatic carbocycles. The van der Waals surface area contributed by atoms with Crippen molar-refractivity contribution < 1.29 is 4.79 Å². The van der Waals surface area contributed by atoms with Crippen LogP contribution in [-0.4, -0.2) is 62.5 Å². The molecule has 1 rings (SSSR count). The zero-order valence-electron chi connectivity index (χ0n) is 15.7. The molecule has 7 heteroatoms. The van der Waals surface area contributed by atoms with Crippen molar-refractivity contribution in [1.82, 2.24) is 15.5 Å². The Morgan fingerprint density at radius 1 is 1.28 bits per heavy atom. The van der Waals surface area contributed by atoms with Crippen molar-refractivity contribution in [2.24, 2.45) is 4.99 Å². The number of rotatable bonds is 9. The lowest BCUT2D eigenvalue weighted by atomic mass is 10.1. The maximum atomic E-state index is 12.0. The number of hydrogen-bond acceptors (Lipinski definition) is 3. The number of thioether (sulfide) groups is 1. The summed E-state index contributed by atoms with van der Waals surface area (Å²) in [6.07, 6.45) is 4.05. The van der Waals surface area contributed by atoms with Gasteiger partial charge in [-0.05, 0) is 49.5 Å². The van der Waals surface area contributed by atoms with E-state index < -0.39 is 0 Å². The average molecular weight is 478 g/mol. The Morgan fingerprint density at radius 2 is 2.04 bits per heavy atom. The topological polar surface area (TPSA) is 56.7 Å². The zero-order chi connectivity index (χ0) is 17.8. The quantitative estimate of drug-likeness (QED) is 0.248. The van der Waals surface area contributed by atoms with Crippen molar-refractivity contribution in [2.45, 2.75) is 19.8 Å². The van der Waals surface area contributed by atoms with Gasteiger partial charge in [-0.15, -0.1) is 24.0 Å². The first-order chi connectivity index (χ1) is 11.6. The van der Waals surface area contributed by atoms with Gasteiger partial charge in [-0.1, -0.05) is 12.1 Å². The molecule has 1 aromatic rings. The molecule has 0 atom stereocenters. The van der Waals surface area contributed by atoms with Crippen molar-refractivity contribution in [1.29, 1.82) is 0 Å². The number of guanidine groups is 1. The normalized spacial score (nSPS) is 10.8. The van der Waals surface area contributed by atoms with Crippen LogP contribution < -0.4 is 10.6 Å². The second-order valence-corrected chi connectivity index (χ2v) is 6.67. The predicted octanol–water partition coefficient (Wildman–Crippen LogP) is 2.86. The van der Waals surface area contributed by atoms with E-state index in [-0.39, 0.29) is 29.9 Å². The van der Waals surface area contributed by atoms with E-state index in [2.05, 4.69) is 34.9 Å². The Balaban J connectivity index is 0.00000576. The lowest BCUT2D eigenvalue weighted by Gasteiger charge is -2.13. The van der Waals surface area contributed by atoms with Crippen molar-refractivity contribution >= 4 is 47.6 Å². The molecule has 0 bridgehead atoms. The Kier molecular flexibility index (Phi) is 13.7. The number of carbonyl (C=O) groups is 1. The first-order valence-electron chi connectivity index (χ1n) is 8.40. The Labute approximate surface area is 173 Å². The third-order valence-electron chi connectivity index (χ3n) is 3.41. The Hall–Kier alpha value is -0.960. The van der Waals surface area contributed by atoms with Crippen LogP contribution in [0, 0.1) is 0 Å². The standard InChI is InChI=1S/C18H30N4OS.HI/c1-5-19-18(20-11-7-13-24-4)21-12-10-15-8-6-9-16(14-15)17(23)22(2)3;/h6,8-9,14H,5,7,10-13H2,1-4H3,(H2,19,20,21);1H. The number of nitrogens with one attached hydrogen (secondary N) is 2. The molecule has 0 unspecified atom stereocenters. The summed E-state index contributed by atoms with van der Waals surface area (Å²) in [4.78, 5) is 18.2. The van der Waals surface area contributed by atoms with E-state index in [0.29, 0.717) is 0 Å². The van der Waals surface area contributed by atoms with Crippen LogP contribution in [0.25, 0.3) is 0 Å². The Bertz CT molecular complexity index is 538. The first-order valence-corrected chi connectivity index (χ1v) is 9.79. The van der Waals surface area contributed by atoms with E-state index in [1.807, 2.05) is 30.0 Å². The molecule has 0 aliphatic carbocycles. The Morgan fingerprint density at radius 3 is 2.68 bits per heavy atom. The summed E-state index contributed by atoms with van der Waals surface area (Å²) >= 11 is 1.85. The number of hydrogen-bond donors (Lipinski definition) is 2. The van der Waals surface area contributed by atoms with Crippen LogP contribution >= 0.6 is 35.7 Å². The molecule has 0 aliphatic heterocycles. The van der Waals surface area contributed by atoms with Gasteiger partial charge in [-0.25, -0.2) is 0 Å². The minimum atomic E-state index is 0. The minimum absolute atomic E-state index is 0. The maximum absolute atomic E-state index is 12.0. The second kappa shape index (κ2) is 14.2. The molecule has 0 fully saturated rings. The molecular weight excluding hydrogens is 447 g/mol. The smallest absolute Gasteiger partial charge is 0.253 e. The molecular formula is C18H31IN4OS. The van der Waals surface area contributed by atoms with Gasteiger partial charge in [0, 0.05) is 39.3 Å². The van der Waals surface area contributed by atoms with Gasteiger partial charge in [0.05, 0.1) is 0 Å². The number of benzene rings is 1. The summed E-state index contributed by atoms with van der Waals surface area (Å²) in [7, 11) is 3.54. The number of carbonyl (C=O) groups excluding carboxylic acids is 1. The van der Waals surface area contributed by atoms with Gasteiger partial charge >= 0.3 is 0 Å². The summed E-state index contributed by atoms with van der Waals surface area (Å²) in [6, 6.07) is 7.81. The molecule has 25 heavy (non-hydrogen) atoms. The monoisotopic (exact) mass is 478 g/mol. The summed E-state index contributed by atoms with van der Waals surface area (Å²) in [5, 5.41) is 6.62. The fourth-order valence-corrected chi connectivity index (χ4v) is 2.60. The van der Waals surface area contributed by atoms with Crippen LogP contribution in [0.4, 0.5) is 0 Å². The molecule has 0 spiro atoms. The van der Waals surface area contributed by atoms with Crippen LogP contribution in [0.2, 0.25) is 0 Å². The van der Waals surface area contributed by atoms with Crippen molar-refractivity contribution in [3.05, 3.63) is 35.4 Å². The molecule has 1 amide bonds. The number of nitrogens with zero attached hydrogens (tertiary/aromatic N) is 2. The van der Waals surface area contributed by atoms with Gasteiger partial charge in [0.2, 0.25) is 0 Å². The largest absolute Gasteiger partial charge is 0.357 e. The second-order valence-electron chi connectivity index (χ2n) is 5.68. The number of amides is 1. The summed E-state index contributed by atoms with van der Waals surface area (Å²) in [5.74, 6) is 2.03. The van der Waals surface area contributed by atoms with Crippen molar-refractivity contribution in [3.8, 4) is 0 Å². The SMILES string of the molecule is CCNC(=NCCCSC)NCCc1cccc(C(=O)N(C)C)c1.I. The molecule has 5 nitrogen and oxygen atoms in total. The fraction of sp³-hybridized carbons (Fsp3) is 0.556. The van der Waals surface area contributed by atoms with Gasteiger partial charge in [0.25, 0.3) is 5.91 Å². The lowest BCUT2D eigenvalue weighted by Crippen LogP contribution is -2.38. The van der Waals surface area contributed by atoms with Gasteiger partial charge < -0.3 is 15.5 Å². The first kappa shape index (κ1) is 24.0. The average Bonchev–Trinajstić information content (AvgIpc) is 2.58. The van der Waals surface area contributed by atoms with E-state index in [9.17, 15) is 4.79 Å². The van der Waals surface area contributed by atoms with Crippen LogP contribution in [0.15, 0.2) is 29.3 Å². The summed E-state index contributed by atoms with van der Waals surface area (Å²) in [6.45, 7) is 4.54. The van der Waals surface area contributed by atoms with Crippen molar-refractivity contribution in [2.75, 3.05) is 45.7 Å². The van der Waals surface area contributed by atoms with E-state index in [1.54, 1.807) is 19.0 Å². The maximum Gasteiger partial charge on any atom is 0.253 e. The highest BCUT2D eigenvalue weighted by molar-refractivity contribution is 14.0. The highest BCUT2D eigenvalue weighted by atomic mass is 127. The third kappa shape index (κ3) is 9.94. The van der Waals surface area contributed by atoms with E-state index >= 15 is 0 Å². The van der Waals surface area contributed by atoms with Crippen LogP contribution in [0.1, 0.15) is 29.3 Å². The lowest BCUT2D eigenvalue weighted by molar-refractivity contribution is 0.0827.